The zero-order chi connectivity index (χ0) is 31.2. The monoisotopic (exact) mass is 625 g/mol. The second-order valence-corrected chi connectivity index (χ2v) is 13.4. The minimum atomic E-state index is -1.51. The second-order valence-electron chi connectivity index (χ2n) is 12.7. The summed E-state index contributed by atoms with van der Waals surface area (Å²) < 4.78 is 31.3. The fourth-order valence-corrected chi connectivity index (χ4v) is 6.36. The minimum Gasteiger partial charge on any atom is -0.352 e. The van der Waals surface area contributed by atoms with Crippen molar-refractivity contribution < 1.29 is 18.4 Å². The molecule has 3 amide bonds. The van der Waals surface area contributed by atoms with E-state index in [4.69, 9.17) is 23.2 Å². The van der Waals surface area contributed by atoms with E-state index in [2.05, 4.69) is 22.0 Å². The molecule has 1 aromatic carbocycles. The lowest BCUT2D eigenvalue weighted by Gasteiger charge is -2.37. The smallest absolute Gasteiger partial charge is 0.317 e. The van der Waals surface area contributed by atoms with Crippen molar-refractivity contribution >= 4 is 35.1 Å². The van der Waals surface area contributed by atoms with E-state index >= 15 is 8.78 Å². The molecule has 0 saturated carbocycles. The van der Waals surface area contributed by atoms with Crippen LogP contribution in [-0.4, -0.2) is 60.5 Å². The van der Waals surface area contributed by atoms with Crippen molar-refractivity contribution in [3.63, 3.8) is 0 Å². The van der Waals surface area contributed by atoms with E-state index in [0.29, 0.717) is 38.9 Å². The first-order valence-electron chi connectivity index (χ1n) is 14.6. The van der Waals surface area contributed by atoms with E-state index in [9.17, 15) is 14.9 Å². The Bertz CT molecular complexity index is 1210. The highest BCUT2D eigenvalue weighted by molar-refractivity contribution is 6.30. The van der Waals surface area contributed by atoms with Gasteiger partial charge in [-0.1, -0.05) is 51.4 Å². The van der Waals surface area contributed by atoms with Gasteiger partial charge in [0.15, 0.2) is 0 Å². The summed E-state index contributed by atoms with van der Waals surface area (Å²) in [6.07, 6.45) is 2.04. The minimum absolute atomic E-state index is 0.0556. The van der Waals surface area contributed by atoms with Gasteiger partial charge in [-0.25, -0.2) is 13.6 Å². The fourth-order valence-electron chi connectivity index (χ4n) is 6.04. The number of carbonyl (C=O) groups excluding carboxylic acids is 2. The molecule has 2 heterocycles. The molecule has 3 N–H and O–H groups in total. The molecule has 0 spiro atoms. The van der Waals surface area contributed by atoms with Crippen LogP contribution < -0.4 is 16.0 Å². The lowest BCUT2D eigenvalue weighted by atomic mass is 9.64. The summed E-state index contributed by atoms with van der Waals surface area (Å²) in [4.78, 5) is 28.1. The van der Waals surface area contributed by atoms with Gasteiger partial charge in [0, 0.05) is 49.9 Å². The quantitative estimate of drug-likeness (QED) is 0.276. The van der Waals surface area contributed by atoms with Crippen LogP contribution in [0.15, 0.2) is 29.6 Å². The van der Waals surface area contributed by atoms with Crippen LogP contribution in [-0.2, 0) is 4.79 Å². The van der Waals surface area contributed by atoms with Crippen molar-refractivity contribution in [2.45, 2.75) is 90.8 Å². The number of amides is 3. The zero-order valence-electron chi connectivity index (χ0n) is 25.1. The number of benzene rings is 1. The molecule has 232 valence electrons. The van der Waals surface area contributed by atoms with Gasteiger partial charge in [0.25, 0.3) is 0 Å². The van der Waals surface area contributed by atoms with E-state index in [1.165, 1.54) is 12.1 Å². The molecule has 42 heavy (non-hydrogen) atoms. The van der Waals surface area contributed by atoms with Crippen molar-refractivity contribution in [1.82, 2.24) is 20.9 Å². The lowest BCUT2D eigenvalue weighted by Crippen LogP contribution is -2.53. The fraction of sp³-hybridized carbons (Fsp3) is 0.645. The largest absolute Gasteiger partial charge is 0.352 e. The lowest BCUT2D eigenvalue weighted by molar-refractivity contribution is -0.124. The summed E-state index contributed by atoms with van der Waals surface area (Å²) in [6.45, 7) is 11.1. The maximum absolute atomic E-state index is 15.7. The molecule has 2 aliphatic heterocycles. The molecule has 7 nitrogen and oxygen atoms in total. The molecule has 0 bridgehead atoms. The molecule has 1 aromatic rings. The third kappa shape index (κ3) is 7.75. The van der Waals surface area contributed by atoms with Gasteiger partial charge in [-0.05, 0) is 55.2 Å². The van der Waals surface area contributed by atoms with E-state index in [0.717, 1.165) is 6.42 Å². The summed E-state index contributed by atoms with van der Waals surface area (Å²) in [7, 11) is 0. The predicted molar refractivity (Wildman–Crippen MR) is 163 cm³/mol. The second kappa shape index (κ2) is 14.4. The Kier molecular flexibility index (Phi) is 11.7. The van der Waals surface area contributed by atoms with Crippen LogP contribution in [0.5, 0.6) is 0 Å². The van der Waals surface area contributed by atoms with Crippen LogP contribution in [0, 0.1) is 28.0 Å². The Morgan fingerprint density at radius 3 is 2.50 bits per heavy atom. The molecule has 4 atom stereocenters. The number of piperidine rings is 1. The summed E-state index contributed by atoms with van der Waals surface area (Å²) in [5.74, 6) is -2.77. The van der Waals surface area contributed by atoms with Crippen LogP contribution >= 0.6 is 23.2 Å². The summed E-state index contributed by atoms with van der Waals surface area (Å²) >= 11 is 12.1. The van der Waals surface area contributed by atoms with Crippen LogP contribution in [0.1, 0.15) is 78.2 Å². The third-order valence-corrected chi connectivity index (χ3v) is 8.97. The third-order valence-electron chi connectivity index (χ3n) is 8.28. The number of allylic oxidation sites excluding steroid dienone is 2. The Morgan fingerprint density at radius 2 is 1.93 bits per heavy atom. The first-order chi connectivity index (χ1) is 19.8. The number of nitriles is 1. The molecule has 0 unspecified atom stereocenters. The van der Waals surface area contributed by atoms with Gasteiger partial charge in [0.2, 0.25) is 5.91 Å². The SMILES string of the molecule is CCCNC(=O)N1CCC(NC(=O)[C@@H]2N[C@@H](CC(C)(C)C)[C@@](C#N)(CC(F)=C(C)CCl)[C@H]2c2cccc(Cl)c2F)CC1. The van der Waals surface area contributed by atoms with E-state index in [1.54, 1.807) is 17.9 Å². The molecule has 11 heteroatoms. The van der Waals surface area contributed by atoms with Gasteiger partial charge in [0.1, 0.15) is 11.6 Å². The predicted octanol–water partition coefficient (Wildman–Crippen LogP) is 6.42. The number of hydrogen-bond acceptors (Lipinski definition) is 4. The van der Waals surface area contributed by atoms with Crippen molar-refractivity contribution in [2.24, 2.45) is 10.8 Å². The Balaban J connectivity index is 2.00. The van der Waals surface area contributed by atoms with Gasteiger partial charge < -0.3 is 20.9 Å². The average molecular weight is 627 g/mol. The van der Waals surface area contributed by atoms with Crippen LogP contribution in [0.25, 0.3) is 0 Å². The topological polar surface area (TPSA) is 97.3 Å². The normalized spacial score (nSPS) is 25.5. The molecule has 3 rings (SSSR count). The maximum Gasteiger partial charge on any atom is 0.317 e. The van der Waals surface area contributed by atoms with Crippen molar-refractivity contribution in [3.05, 3.63) is 46.0 Å². The Hall–Kier alpha value is -2.41. The van der Waals surface area contributed by atoms with E-state index in [1.807, 2.05) is 27.7 Å². The number of nitrogens with one attached hydrogen (secondary N) is 3. The van der Waals surface area contributed by atoms with Crippen molar-refractivity contribution in [1.29, 1.82) is 5.26 Å². The van der Waals surface area contributed by atoms with Gasteiger partial charge in [-0.15, -0.1) is 11.6 Å². The van der Waals surface area contributed by atoms with Gasteiger partial charge in [-0.3, -0.25) is 4.79 Å². The highest BCUT2D eigenvalue weighted by Gasteiger charge is 2.59. The number of rotatable bonds is 9. The number of urea groups is 1. The molecule has 0 radical (unpaired) electrons. The number of nitrogens with zero attached hydrogens (tertiary/aromatic N) is 2. The average Bonchev–Trinajstić information content (AvgIpc) is 3.25. The molecule has 2 aliphatic rings. The Morgan fingerprint density at radius 1 is 1.26 bits per heavy atom. The molecule has 0 aromatic heterocycles. The number of hydrogen-bond donors (Lipinski definition) is 3. The first-order valence-corrected chi connectivity index (χ1v) is 15.5. The van der Waals surface area contributed by atoms with Gasteiger partial charge in [0.05, 0.1) is 22.5 Å². The highest BCUT2D eigenvalue weighted by atomic mass is 35.5. The number of alkyl halides is 1. The van der Waals surface area contributed by atoms with Crippen LogP contribution in [0.4, 0.5) is 13.6 Å². The van der Waals surface area contributed by atoms with Crippen LogP contribution in [0.3, 0.4) is 0 Å². The van der Waals surface area contributed by atoms with Gasteiger partial charge in [-0.2, -0.15) is 5.26 Å². The van der Waals surface area contributed by atoms with E-state index < -0.39 is 41.0 Å². The summed E-state index contributed by atoms with van der Waals surface area (Å²) in [6, 6.07) is 4.85. The highest BCUT2D eigenvalue weighted by Crippen LogP contribution is 2.54. The standard InChI is InChI=1S/C31H43Cl2F2N5O2/c1-6-12-37-29(42)40-13-10-20(11-14-40)38-28(41)27-25(21-8-7-9-22(33)26(21)35)31(18-36,15-23(34)19(2)17-32)24(39-27)16-30(3,4)5/h7-9,20,24-25,27,39H,6,10-17H2,1-5H3,(H,37,42)(H,38,41)/t24-,25-,27+,31-/m0/s1. The molecular weight excluding hydrogens is 583 g/mol. The molecule has 0 aliphatic carbocycles. The van der Waals surface area contributed by atoms with Crippen molar-refractivity contribution in [2.75, 3.05) is 25.5 Å². The maximum atomic E-state index is 15.7. The number of likely N-dealkylation sites (tertiary alicyclic amines) is 1. The summed E-state index contributed by atoms with van der Waals surface area (Å²) in [5, 5.41) is 20.0. The number of halogens is 4. The molecule has 2 fully saturated rings. The first kappa shape index (κ1) is 34.1. The van der Waals surface area contributed by atoms with E-state index in [-0.39, 0.29) is 45.9 Å². The van der Waals surface area contributed by atoms with Crippen LogP contribution in [0.2, 0.25) is 5.02 Å². The summed E-state index contributed by atoms with van der Waals surface area (Å²) in [5.41, 5.74) is -1.44. The number of carbonyl (C=O) groups is 2. The molecule has 2 saturated heterocycles. The van der Waals surface area contributed by atoms with Crippen molar-refractivity contribution in [3.8, 4) is 6.07 Å². The zero-order valence-corrected chi connectivity index (χ0v) is 26.6. The molecular formula is C31H43Cl2F2N5O2. The van der Waals surface area contributed by atoms with Gasteiger partial charge >= 0.3 is 6.03 Å². The Labute approximate surface area is 258 Å².